The van der Waals surface area contributed by atoms with Crippen LogP contribution in [0.4, 0.5) is 11.4 Å². The van der Waals surface area contributed by atoms with Crippen molar-refractivity contribution in [2.75, 3.05) is 17.8 Å². The standard InChI is InChI=1S/C14H10N2O3S2/c15-7-3-9-10(19-6-18-9)4-8(7)16-14(17)13-5-12-11(21-13)1-2-20-12/h1-5H,6,15H2,(H,16,17). The van der Waals surface area contributed by atoms with Crippen LogP contribution < -0.4 is 20.5 Å². The summed E-state index contributed by atoms with van der Waals surface area (Å²) in [5, 5.41) is 4.84. The first-order valence-electron chi connectivity index (χ1n) is 6.18. The summed E-state index contributed by atoms with van der Waals surface area (Å²) in [6.45, 7) is 0.174. The third-order valence-corrected chi connectivity index (χ3v) is 5.25. The summed E-state index contributed by atoms with van der Waals surface area (Å²) >= 11 is 3.08. The maximum absolute atomic E-state index is 12.3. The highest BCUT2D eigenvalue weighted by atomic mass is 32.1. The van der Waals surface area contributed by atoms with E-state index in [0.29, 0.717) is 27.8 Å². The van der Waals surface area contributed by atoms with Crippen LogP contribution in [-0.2, 0) is 0 Å². The molecule has 0 aliphatic carbocycles. The molecule has 3 heterocycles. The van der Waals surface area contributed by atoms with Crippen molar-refractivity contribution >= 4 is 49.4 Å². The zero-order valence-corrected chi connectivity index (χ0v) is 12.3. The van der Waals surface area contributed by atoms with Crippen LogP contribution in [0.25, 0.3) is 9.40 Å². The van der Waals surface area contributed by atoms with Gasteiger partial charge < -0.3 is 20.5 Å². The number of nitrogen functional groups attached to an aromatic ring is 1. The average molecular weight is 318 g/mol. The molecule has 0 spiro atoms. The topological polar surface area (TPSA) is 73.6 Å². The fraction of sp³-hybridized carbons (Fsp3) is 0.0714. The third kappa shape index (κ3) is 2.10. The third-order valence-electron chi connectivity index (χ3n) is 3.16. The zero-order chi connectivity index (χ0) is 14.4. The summed E-state index contributed by atoms with van der Waals surface area (Å²) in [7, 11) is 0. The monoisotopic (exact) mass is 318 g/mol. The van der Waals surface area contributed by atoms with Crippen molar-refractivity contribution in [2.45, 2.75) is 0 Å². The molecule has 106 valence electrons. The van der Waals surface area contributed by atoms with E-state index in [1.54, 1.807) is 23.5 Å². The lowest BCUT2D eigenvalue weighted by atomic mass is 10.2. The number of anilines is 2. The van der Waals surface area contributed by atoms with Crippen molar-refractivity contribution in [3.63, 3.8) is 0 Å². The van der Waals surface area contributed by atoms with E-state index >= 15 is 0 Å². The highest BCUT2D eigenvalue weighted by molar-refractivity contribution is 7.27. The Bertz CT molecular complexity index is 825. The normalized spacial score (nSPS) is 12.8. The van der Waals surface area contributed by atoms with Crippen molar-refractivity contribution in [1.29, 1.82) is 0 Å². The fourth-order valence-electron chi connectivity index (χ4n) is 2.13. The molecule has 1 aromatic carbocycles. The Labute approximate surface area is 127 Å². The van der Waals surface area contributed by atoms with E-state index in [4.69, 9.17) is 15.2 Å². The first kappa shape index (κ1) is 12.5. The summed E-state index contributed by atoms with van der Waals surface area (Å²) in [5.41, 5.74) is 6.91. The Kier molecular flexibility index (Phi) is 2.76. The molecule has 1 aliphatic rings. The van der Waals surface area contributed by atoms with Crippen LogP contribution in [-0.4, -0.2) is 12.7 Å². The van der Waals surface area contributed by atoms with Gasteiger partial charge in [-0.25, -0.2) is 0 Å². The molecule has 0 atom stereocenters. The van der Waals surface area contributed by atoms with E-state index < -0.39 is 0 Å². The van der Waals surface area contributed by atoms with Gasteiger partial charge in [0, 0.05) is 21.5 Å². The van der Waals surface area contributed by atoms with Crippen LogP contribution in [0.15, 0.2) is 29.6 Å². The predicted octanol–water partition coefficient (Wildman–Crippen LogP) is 3.53. The quantitative estimate of drug-likeness (QED) is 0.709. The van der Waals surface area contributed by atoms with Gasteiger partial charge in [0.15, 0.2) is 11.5 Å². The van der Waals surface area contributed by atoms with Crippen LogP contribution in [0.2, 0.25) is 0 Å². The van der Waals surface area contributed by atoms with Crippen molar-refractivity contribution in [3.8, 4) is 11.5 Å². The van der Waals surface area contributed by atoms with Gasteiger partial charge in [-0.3, -0.25) is 4.79 Å². The Hall–Kier alpha value is -2.25. The van der Waals surface area contributed by atoms with E-state index in [9.17, 15) is 4.79 Å². The Morgan fingerprint density at radius 3 is 2.81 bits per heavy atom. The maximum atomic E-state index is 12.3. The lowest BCUT2D eigenvalue weighted by Gasteiger charge is -2.08. The number of nitrogens with one attached hydrogen (secondary N) is 1. The van der Waals surface area contributed by atoms with Gasteiger partial charge in [-0.15, -0.1) is 22.7 Å². The van der Waals surface area contributed by atoms with Gasteiger partial charge in [0.25, 0.3) is 5.91 Å². The molecule has 2 aromatic heterocycles. The Balaban J connectivity index is 1.63. The number of carbonyl (C=O) groups excluding carboxylic acids is 1. The molecule has 5 nitrogen and oxygen atoms in total. The minimum atomic E-state index is -0.172. The summed E-state index contributed by atoms with van der Waals surface area (Å²) in [4.78, 5) is 13.0. The van der Waals surface area contributed by atoms with Crippen molar-refractivity contribution in [3.05, 3.63) is 34.5 Å². The number of ether oxygens (including phenoxy) is 2. The number of fused-ring (bicyclic) bond motifs is 2. The van der Waals surface area contributed by atoms with Crippen LogP contribution in [0, 0.1) is 0 Å². The van der Waals surface area contributed by atoms with E-state index in [0.717, 1.165) is 9.40 Å². The maximum Gasteiger partial charge on any atom is 0.265 e. The lowest BCUT2D eigenvalue weighted by molar-refractivity contribution is 0.103. The number of hydrogen-bond acceptors (Lipinski definition) is 6. The van der Waals surface area contributed by atoms with E-state index in [2.05, 4.69) is 5.32 Å². The van der Waals surface area contributed by atoms with Gasteiger partial charge in [0.2, 0.25) is 6.79 Å². The molecular formula is C14H10N2O3S2. The number of amides is 1. The lowest BCUT2D eigenvalue weighted by Crippen LogP contribution is -2.11. The molecule has 0 unspecified atom stereocenters. The SMILES string of the molecule is Nc1cc2c(cc1NC(=O)c1cc3sccc3s1)OCO2. The molecule has 3 N–H and O–H groups in total. The Morgan fingerprint density at radius 1 is 1.19 bits per heavy atom. The second-order valence-corrected chi connectivity index (χ2v) is 6.54. The summed E-state index contributed by atoms with van der Waals surface area (Å²) in [6.07, 6.45) is 0. The minimum Gasteiger partial charge on any atom is -0.454 e. The molecule has 0 saturated carbocycles. The van der Waals surface area contributed by atoms with Crippen LogP contribution in [0.5, 0.6) is 11.5 Å². The predicted molar refractivity (Wildman–Crippen MR) is 84.6 cm³/mol. The second-order valence-electron chi connectivity index (χ2n) is 4.51. The van der Waals surface area contributed by atoms with Gasteiger partial charge in [0.1, 0.15) is 0 Å². The van der Waals surface area contributed by atoms with Gasteiger partial charge in [-0.1, -0.05) is 0 Å². The second kappa shape index (κ2) is 4.64. The number of thiophene rings is 2. The zero-order valence-electron chi connectivity index (χ0n) is 10.7. The number of nitrogens with two attached hydrogens (primary N) is 1. The fourth-order valence-corrected chi connectivity index (χ4v) is 4.13. The molecule has 7 heteroatoms. The Morgan fingerprint density at radius 2 is 2.00 bits per heavy atom. The highest BCUT2D eigenvalue weighted by Gasteiger charge is 2.18. The summed E-state index contributed by atoms with van der Waals surface area (Å²) in [5.74, 6) is 1.02. The molecule has 21 heavy (non-hydrogen) atoms. The minimum absolute atomic E-state index is 0.172. The van der Waals surface area contributed by atoms with Crippen LogP contribution in [0.3, 0.4) is 0 Å². The first-order chi connectivity index (χ1) is 10.2. The smallest absolute Gasteiger partial charge is 0.265 e. The van der Waals surface area contributed by atoms with Gasteiger partial charge in [-0.2, -0.15) is 0 Å². The largest absolute Gasteiger partial charge is 0.454 e. The molecule has 4 rings (SSSR count). The van der Waals surface area contributed by atoms with Crippen molar-refractivity contribution in [1.82, 2.24) is 0 Å². The molecule has 0 saturated heterocycles. The summed E-state index contributed by atoms with van der Waals surface area (Å²) < 4.78 is 12.8. The van der Waals surface area contributed by atoms with E-state index in [-0.39, 0.29) is 12.7 Å². The number of carbonyl (C=O) groups is 1. The van der Waals surface area contributed by atoms with Crippen LogP contribution in [0.1, 0.15) is 9.67 Å². The molecule has 1 aliphatic heterocycles. The first-order valence-corrected chi connectivity index (χ1v) is 7.88. The van der Waals surface area contributed by atoms with Gasteiger partial charge >= 0.3 is 0 Å². The highest BCUT2D eigenvalue weighted by Crippen LogP contribution is 2.38. The molecule has 0 bridgehead atoms. The number of rotatable bonds is 2. The molecule has 0 fully saturated rings. The number of benzene rings is 1. The molecular weight excluding hydrogens is 308 g/mol. The van der Waals surface area contributed by atoms with Gasteiger partial charge in [-0.05, 0) is 17.5 Å². The van der Waals surface area contributed by atoms with Crippen LogP contribution >= 0.6 is 22.7 Å². The van der Waals surface area contributed by atoms with Gasteiger partial charge in [0.05, 0.1) is 16.3 Å². The molecule has 3 aromatic rings. The molecule has 1 amide bonds. The van der Waals surface area contributed by atoms with Crippen molar-refractivity contribution in [2.24, 2.45) is 0 Å². The van der Waals surface area contributed by atoms with E-state index in [1.807, 2.05) is 17.5 Å². The summed E-state index contributed by atoms with van der Waals surface area (Å²) in [6, 6.07) is 7.25. The number of hydrogen-bond donors (Lipinski definition) is 2. The van der Waals surface area contributed by atoms with Crippen molar-refractivity contribution < 1.29 is 14.3 Å². The van der Waals surface area contributed by atoms with E-state index in [1.165, 1.54) is 11.3 Å². The molecule has 0 radical (unpaired) electrons. The average Bonchev–Trinajstić information content (AvgIpc) is 3.12.